The minimum Gasteiger partial charge on any atom is -0.478 e. The highest BCUT2D eigenvalue weighted by molar-refractivity contribution is 6.16. The van der Waals surface area contributed by atoms with Gasteiger partial charge in [0.05, 0.1) is 11.6 Å². The molecular formula is C22H23FN2O2. The van der Waals surface area contributed by atoms with Gasteiger partial charge in [0.1, 0.15) is 5.82 Å². The molecule has 0 aliphatic carbocycles. The smallest absolute Gasteiger partial charge is 0.337 e. The Hall–Kier alpha value is -2.66. The van der Waals surface area contributed by atoms with Crippen LogP contribution in [0.2, 0.25) is 0 Å². The lowest BCUT2D eigenvalue weighted by molar-refractivity contribution is -0.130. The Kier molecular flexibility index (Phi) is 4.70. The number of carboxylic acids is 1. The molecule has 1 saturated heterocycles. The predicted molar refractivity (Wildman–Crippen MR) is 103 cm³/mol. The summed E-state index contributed by atoms with van der Waals surface area (Å²) in [4.78, 5) is 16.2. The highest BCUT2D eigenvalue weighted by Crippen LogP contribution is 2.40. The molecule has 140 valence electrons. The molecule has 2 aromatic carbocycles. The molecule has 0 saturated carbocycles. The van der Waals surface area contributed by atoms with Gasteiger partial charge in [0.15, 0.2) is 0 Å². The summed E-state index contributed by atoms with van der Waals surface area (Å²) in [6, 6.07) is 13.9. The van der Waals surface area contributed by atoms with Gasteiger partial charge in [-0.2, -0.15) is 0 Å². The molecule has 2 heterocycles. The van der Waals surface area contributed by atoms with Gasteiger partial charge >= 0.3 is 5.97 Å². The number of benzene rings is 2. The molecule has 4 rings (SSSR count). The lowest BCUT2D eigenvalue weighted by Crippen LogP contribution is -2.35. The minimum absolute atomic E-state index is 0.266. The van der Waals surface area contributed by atoms with E-state index in [0.717, 1.165) is 25.1 Å². The standard InChI is InChI=1S/C22H23FN2O2/c1-24-11-10-15(12-24)13-25-14-19(22(26)27)16-6-2-3-7-17(16)21(25)18-8-4-5-9-20(18)23/h2-9,14-15,21H,10-13H2,1H3,(H,26,27). The Labute approximate surface area is 158 Å². The van der Waals surface area contributed by atoms with Crippen molar-refractivity contribution in [2.75, 3.05) is 26.7 Å². The maximum absolute atomic E-state index is 14.7. The number of carboxylic acid groups (broad SMARTS) is 1. The van der Waals surface area contributed by atoms with E-state index in [9.17, 15) is 14.3 Å². The van der Waals surface area contributed by atoms with Gasteiger partial charge in [0.2, 0.25) is 0 Å². The number of aliphatic carboxylic acids is 1. The van der Waals surface area contributed by atoms with Crippen molar-refractivity contribution in [3.8, 4) is 0 Å². The Morgan fingerprint density at radius 1 is 1.15 bits per heavy atom. The number of hydrogen-bond donors (Lipinski definition) is 1. The van der Waals surface area contributed by atoms with E-state index in [1.54, 1.807) is 18.3 Å². The average molecular weight is 366 g/mol. The fourth-order valence-electron chi connectivity index (χ4n) is 4.31. The lowest BCUT2D eigenvalue weighted by Gasteiger charge is -2.38. The fourth-order valence-corrected chi connectivity index (χ4v) is 4.31. The van der Waals surface area contributed by atoms with Crippen molar-refractivity contribution in [1.82, 2.24) is 9.80 Å². The number of likely N-dealkylation sites (tertiary alicyclic amines) is 1. The molecule has 5 heteroatoms. The number of nitrogens with zero attached hydrogens (tertiary/aromatic N) is 2. The zero-order valence-corrected chi connectivity index (χ0v) is 15.3. The van der Waals surface area contributed by atoms with E-state index < -0.39 is 5.97 Å². The summed E-state index contributed by atoms with van der Waals surface area (Å²) >= 11 is 0. The van der Waals surface area contributed by atoms with Gasteiger partial charge in [-0.25, -0.2) is 9.18 Å². The van der Waals surface area contributed by atoms with Crippen molar-refractivity contribution in [2.45, 2.75) is 12.5 Å². The molecule has 0 aromatic heterocycles. The van der Waals surface area contributed by atoms with Crippen LogP contribution in [-0.2, 0) is 4.79 Å². The first-order valence-corrected chi connectivity index (χ1v) is 9.27. The van der Waals surface area contributed by atoms with Gasteiger partial charge in [-0.3, -0.25) is 0 Å². The Morgan fingerprint density at radius 2 is 1.85 bits per heavy atom. The highest BCUT2D eigenvalue weighted by atomic mass is 19.1. The second-order valence-corrected chi connectivity index (χ2v) is 7.47. The van der Waals surface area contributed by atoms with Crippen LogP contribution >= 0.6 is 0 Å². The van der Waals surface area contributed by atoms with Crippen LogP contribution in [0.15, 0.2) is 54.7 Å². The summed E-state index contributed by atoms with van der Waals surface area (Å²) in [6.07, 6.45) is 2.77. The SMILES string of the molecule is CN1CCC(CN2C=C(C(=O)O)c3ccccc3C2c2ccccc2F)C1. The van der Waals surface area contributed by atoms with Gasteiger partial charge in [-0.15, -0.1) is 0 Å². The molecule has 0 radical (unpaired) electrons. The fraction of sp³-hybridized carbons (Fsp3) is 0.318. The van der Waals surface area contributed by atoms with Crippen LogP contribution in [-0.4, -0.2) is 47.6 Å². The monoisotopic (exact) mass is 366 g/mol. The molecule has 2 aromatic rings. The van der Waals surface area contributed by atoms with Crippen LogP contribution in [0.25, 0.3) is 5.57 Å². The second kappa shape index (κ2) is 7.16. The molecule has 1 N–H and O–H groups in total. The van der Waals surface area contributed by atoms with Gasteiger partial charge in [-0.1, -0.05) is 42.5 Å². The van der Waals surface area contributed by atoms with Gasteiger partial charge < -0.3 is 14.9 Å². The normalized spacial score (nSPS) is 22.4. The Bertz CT molecular complexity index is 895. The molecule has 0 bridgehead atoms. The van der Waals surface area contributed by atoms with Crippen LogP contribution in [0, 0.1) is 11.7 Å². The molecule has 0 amide bonds. The van der Waals surface area contributed by atoms with Crippen LogP contribution in [0.3, 0.4) is 0 Å². The molecule has 0 spiro atoms. The van der Waals surface area contributed by atoms with E-state index in [0.29, 0.717) is 23.6 Å². The average Bonchev–Trinajstić information content (AvgIpc) is 3.06. The first-order chi connectivity index (χ1) is 13.0. The summed E-state index contributed by atoms with van der Waals surface area (Å²) in [5, 5.41) is 9.74. The summed E-state index contributed by atoms with van der Waals surface area (Å²) in [6.45, 7) is 2.71. The van der Waals surface area contributed by atoms with Gasteiger partial charge in [0, 0.05) is 24.9 Å². The molecule has 2 aliphatic rings. The summed E-state index contributed by atoms with van der Waals surface area (Å²) in [5.74, 6) is -0.790. The number of carbonyl (C=O) groups is 1. The summed E-state index contributed by atoms with van der Waals surface area (Å²) < 4.78 is 14.7. The van der Waals surface area contributed by atoms with E-state index in [4.69, 9.17) is 0 Å². The van der Waals surface area contributed by atoms with Crippen molar-refractivity contribution in [2.24, 2.45) is 5.92 Å². The molecule has 27 heavy (non-hydrogen) atoms. The maximum atomic E-state index is 14.7. The molecular weight excluding hydrogens is 343 g/mol. The predicted octanol–water partition coefficient (Wildman–Crippen LogP) is 3.61. The van der Waals surface area contributed by atoms with Crippen LogP contribution in [0.1, 0.15) is 29.2 Å². The number of rotatable bonds is 4. The van der Waals surface area contributed by atoms with Crippen molar-refractivity contribution < 1.29 is 14.3 Å². The van der Waals surface area contributed by atoms with Crippen molar-refractivity contribution in [3.05, 3.63) is 77.2 Å². The molecule has 4 nitrogen and oxygen atoms in total. The molecule has 2 unspecified atom stereocenters. The van der Waals surface area contributed by atoms with Crippen molar-refractivity contribution in [1.29, 1.82) is 0 Å². The largest absolute Gasteiger partial charge is 0.478 e. The third-order valence-corrected chi connectivity index (χ3v) is 5.56. The van der Waals surface area contributed by atoms with Crippen molar-refractivity contribution >= 4 is 11.5 Å². The number of halogens is 1. The molecule has 1 fully saturated rings. The molecule has 2 atom stereocenters. The highest BCUT2D eigenvalue weighted by Gasteiger charge is 2.34. The van der Waals surface area contributed by atoms with Crippen LogP contribution in [0.4, 0.5) is 4.39 Å². The van der Waals surface area contributed by atoms with Crippen LogP contribution in [0.5, 0.6) is 0 Å². The Balaban J connectivity index is 1.81. The first kappa shape index (κ1) is 17.7. The summed E-state index contributed by atoms with van der Waals surface area (Å²) in [7, 11) is 2.10. The zero-order valence-electron chi connectivity index (χ0n) is 15.3. The molecule has 2 aliphatic heterocycles. The maximum Gasteiger partial charge on any atom is 0.337 e. The third kappa shape index (κ3) is 3.35. The third-order valence-electron chi connectivity index (χ3n) is 5.56. The van der Waals surface area contributed by atoms with E-state index in [1.165, 1.54) is 6.07 Å². The first-order valence-electron chi connectivity index (χ1n) is 9.27. The minimum atomic E-state index is -0.956. The summed E-state index contributed by atoms with van der Waals surface area (Å²) in [5.41, 5.74) is 2.36. The van der Waals surface area contributed by atoms with Gasteiger partial charge in [-0.05, 0) is 43.1 Å². The topological polar surface area (TPSA) is 43.8 Å². The van der Waals surface area contributed by atoms with E-state index in [2.05, 4.69) is 11.9 Å². The van der Waals surface area contributed by atoms with E-state index >= 15 is 0 Å². The van der Waals surface area contributed by atoms with Gasteiger partial charge in [0.25, 0.3) is 0 Å². The van der Waals surface area contributed by atoms with E-state index in [1.807, 2.05) is 35.2 Å². The number of hydrogen-bond acceptors (Lipinski definition) is 3. The number of fused-ring (bicyclic) bond motifs is 1. The second-order valence-electron chi connectivity index (χ2n) is 7.47. The van der Waals surface area contributed by atoms with Crippen LogP contribution < -0.4 is 0 Å². The Morgan fingerprint density at radius 3 is 2.52 bits per heavy atom. The zero-order chi connectivity index (χ0) is 19.0. The van der Waals surface area contributed by atoms with E-state index in [-0.39, 0.29) is 17.4 Å². The van der Waals surface area contributed by atoms with Crippen molar-refractivity contribution in [3.63, 3.8) is 0 Å². The lowest BCUT2D eigenvalue weighted by atomic mass is 9.86. The quantitative estimate of drug-likeness (QED) is 0.898.